The Bertz CT molecular complexity index is 1150. The first-order chi connectivity index (χ1) is 14.7. The molecule has 0 radical (unpaired) electrons. The molecule has 0 saturated heterocycles. The molecule has 0 amide bonds. The number of halogens is 1. The zero-order chi connectivity index (χ0) is 22.5. The lowest BCUT2D eigenvalue weighted by molar-refractivity contribution is -0.384. The highest BCUT2D eigenvalue weighted by molar-refractivity contribution is 7.80. The van der Waals surface area contributed by atoms with Crippen LogP contribution >= 0.6 is 35.2 Å². The van der Waals surface area contributed by atoms with Gasteiger partial charge in [0.1, 0.15) is 16.5 Å². The molecule has 0 fully saturated rings. The molecule has 31 heavy (non-hydrogen) atoms. The lowest BCUT2D eigenvalue weighted by atomic mass is 10.2. The van der Waals surface area contributed by atoms with Gasteiger partial charge < -0.3 is 20.1 Å². The number of nitro benzene ring substituents is 1. The van der Waals surface area contributed by atoms with E-state index in [0.717, 1.165) is 4.88 Å². The van der Waals surface area contributed by atoms with E-state index in [2.05, 4.69) is 10.6 Å². The van der Waals surface area contributed by atoms with E-state index in [9.17, 15) is 14.9 Å². The van der Waals surface area contributed by atoms with E-state index in [1.807, 2.05) is 6.92 Å². The summed E-state index contributed by atoms with van der Waals surface area (Å²) in [6.07, 6.45) is 0. The molecule has 0 saturated carbocycles. The molecular weight excluding hydrogens is 462 g/mol. The van der Waals surface area contributed by atoms with Crippen molar-refractivity contribution in [3.05, 3.63) is 74.1 Å². The van der Waals surface area contributed by atoms with Crippen LogP contribution in [0.1, 0.15) is 15.2 Å². The average molecular weight is 478 g/mol. The first kappa shape index (κ1) is 22.5. The Hall–Kier alpha value is -3.21. The minimum absolute atomic E-state index is 0.143. The number of carbonyl (C=O) groups is 1. The second-order valence-corrected chi connectivity index (χ2v) is 8.30. The van der Waals surface area contributed by atoms with Gasteiger partial charge in [0.05, 0.1) is 29.4 Å². The molecular formula is C20H16ClN3O5S2. The van der Waals surface area contributed by atoms with Crippen LogP contribution in [0.3, 0.4) is 0 Å². The number of hydrogen-bond donors (Lipinski definition) is 2. The lowest BCUT2D eigenvalue weighted by Crippen LogP contribution is -2.20. The van der Waals surface area contributed by atoms with E-state index in [0.29, 0.717) is 27.0 Å². The molecule has 2 N–H and O–H groups in total. The number of benzene rings is 2. The van der Waals surface area contributed by atoms with Crippen molar-refractivity contribution in [3.8, 4) is 11.5 Å². The molecule has 0 aliphatic rings. The Morgan fingerprint density at radius 2 is 1.84 bits per heavy atom. The summed E-state index contributed by atoms with van der Waals surface area (Å²) in [5.41, 5.74) is 0.502. The number of methoxy groups -OCH3 is 1. The van der Waals surface area contributed by atoms with E-state index in [4.69, 9.17) is 33.3 Å². The first-order valence-corrected chi connectivity index (χ1v) is 10.3. The minimum atomic E-state index is -0.533. The van der Waals surface area contributed by atoms with Gasteiger partial charge in [0.15, 0.2) is 5.11 Å². The van der Waals surface area contributed by atoms with E-state index in [1.165, 1.54) is 30.6 Å². The molecule has 0 aliphatic heterocycles. The molecule has 1 aromatic heterocycles. The summed E-state index contributed by atoms with van der Waals surface area (Å²) in [4.78, 5) is 23.6. The number of ether oxygens (including phenoxy) is 2. The van der Waals surface area contributed by atoms with Gasteiger partial charge >= 0.3 is 5.97 Å². The standard InChI is InChI=1S/C20H16ClN3O5S2/c1-11-7-17(19(25)28-2)18(31-11)23-20(30)22-13-8-14(24(26)27)10-16(9-13)29-15-5-3-12(21)4-6-15/h3-10H,1-2H3,(H2,22,23,30). The molecule has 1 heterocycles. The Balaban J connectivity index is 1.81. The first-order valence-electron chi connectivity index (χ1n) is 8.75. The van der Waals surface area contributed by atoms with E-state index in [1.54, 1.807) is 36.4 Å². The van der Waals surface area contributed by atoms with E-state index < -0.39 is 10.9 Å². The van der Waals surface area contributed by atoms with Crippen LogP contribution in [-0.4, -0.2) is 23.1 Å². The number of rotatable bonds is 6. The fourth-order valence-electron chi connectivity index (χ4n) is 2.59. The molecule has 3 aromatic rings. The predicted molar refractivity (Wildman–Crippen MR) is 125 cm³/mol. The Morgan fingerprint density at radius 3 is 2.48 bits per heavy atom. The number of aryl methyl sites for hydroxylation is 1. The number of anilines is 2. The summed E-state index contributed by atoms with van der Waals surface area (Å²) < 4.78 is 10.5. The van der Waals surface area contributed by atoms with Gasteiger partial charge in [0.25, 0.3) is 5.69 Å². The van der Waals surface area contributed by atoms with Crippen LogP contribution < -0.4 is 15.4 Å². The number of carbonyl (C=O) groups excluding carboxylic acids is 1. The SMILES string of the molecule is COC(=O)c1cc(C)sc1NC(=S)Nc1cc(Oc2ccc(Cl)cc2)cc([N+](=O)[O-])c1. The summed E-state index contributed by atoms with van der Waals surface area (Å²) in [7, 11) is 1.29. The smallest absolute Gasteiger partial charge is 0.340 e. The Morgan fingerprint density at radius 1 is 1.13 bits per heavy atom. The van der Waals surface area contributed by atoms with Crippen LogP contribution in [0.2, 0.25) is 5.02 Å². The van der Waals surface area contributed by atoms with Crippen molar-refractivity contribution in [2.75, 3.05) is 17.7 Å². The Labute approximate surface area is 191 Å². The predicted octanol–water partition coefficient (Wildman–Crippen LogP) is 6.01. The maximum absolute atomic E-state index is 11.9. The summed E-state index contributed by atoms with van der Waals surface area (Å²) in [6, 6.07) is 12.5. The summed E-state index contributed by atoms with van der Waals surface area (Å²) in [6.45, 7) is 1.85. The number of nitrogens with one attached hydrogen (secondary N) is 2. The zero-order valence-electron chi connectivity index (χ0n) is 16.3. The van der Waals surface area contributed by atoms with Crippen molar-refractivity contribution in [1.29, 1.82) is 0 Å². The highest BCUT2D eigenvalue weighted by Gasteiger charge is 2.17. The maximum atomic E-state index is 11.9. The van der Waals surface area contributed by atoms with E-state index in [-0.39, 0.29) is 16.5 Å². The molecule has 0 atom stereocenters. The van der Waals surface area contributed by atoms with Crippen molar-refractivity contribution >= 4 is 62.6 Å². The maximum Gasteiger partial charge on any atom is 0.340 e. The fourth-order valence-corrected chi connectivity index (χ4v) is 3.91. The van der Waals surface area contributed by atoms with Crippen molar-refractivity contribution in [2.45, 2.75) is 6.92 Å². The van der Waals surface area contributed by atoms with Crippen molar-refractivity contribution in [3.63, 3.8) is 0 Å². The largest absolute Gasteiger partial charge is 0.465 e. The van der Waals surface area contributed by atoms with Crippen LogP contribution in [0.5, 0.6) is 11.5 Å². The fraction of sp³-hybridized carbons (Fsp3) is 0.100. The minimum Gasteiger partial charge on any atom is -0.465 e. The molecule has 3 rings (SSSR count). The average Bonchev–Trinajstić information content (AvgIpc) is 3.08. The second kappa shape index (κ2) is 9.73. The number of hydrogen-bond acceptors (Lipinski definition) is 7. The molecule has 11 heteroatoms. The third-order valence-electron chi connectivity index (χ3n) is 3.90. The molecule has 160 valence electrons. The molecule has 0 spiro atoms. The zero-order valence-corrected chi connectivity index (χ0v) is 18.7. The Kier molecular flexibility index (Phi) is 7.06. The van der Waals surface area contributed by atoms with Crippen LogP contribution in [0.15, 0.2) is 48.5 Å². The lowest BCUT2D eigenvalue weighted by Gasteiger charge is -2.12. The number of thiocarbonyl (C=S) groups is 1. The molecule has 8 nitrogen and oxygen atoms in total. The third-order valence-corrected chi connectivity index (χ3v) is 5.32. The summed E-state index contributed by atoms with van der Waals surface area (Å²) in [5, 5.41) is 18.3. The van der Waals surface area contributed by atoms with Crippen LogP contribution in [-0.2, 0) is 4.74 Å². The quantitative estimate of drug-likeness (QED) is 0.193. The van der Waals surface area contributed by atoms with Gasteiger partial charge in [-0.1, -0.05) is 11.6 Å². The van der Waals surface area contributed by atoms with Gasteiger partial charge in [-0.2, -0.15) is 0 Å². The summed E-state index contributed by atoms with van der Waals surface area (Å²) in [5.74, 6) is 0.209. The van der Waals surface area contributed by atoms with Crippen molar-refractivity contribution in [1.82, 2.24) is 0 Å². The second-order valence-electron chi connectivity index (χ2n) is 6.20. The van der Waals surface area contributed by atoms with Crippen LogP contribution in [0.25, 0.3) is 0 Å². The monoisotopic (exact) mass is 477 g/mol. The number of nitro groups is 1. The van der Waals surface area contributed by atoms with Gasteiger partial charge in [-0.05, 0) is 49.5 Å². The molecule has 2 aromatic carbocycles. The molecule has 0 aliphatic carbocycles. The van der Waals surface area contributed by atoms with E-state index >= 15 is 0 Å². The summed E-state index contributed by atoms with van der Waals surface area (Å²) >= 11 is 12.5. The number of esters is 1. The molecule has 0 bridgehead atoms. The van der Waals surface area contributed by atoms with Crippen LogP contribution in [0, 0.1) is 17.0 Å². The number of nitrogens with zero attached hydrogens (tertiary/aromatic N) is 1. The van der Waals surface area contributed by atoms with Gasteiger partial charge in [0, 0.05) is 22.0 Å². The topological polar surface area (TPSA) is 103 Å². The van der Waals surface area contributed by atoms with Gasteiger partial charge in [-0.3, -0.25) is 10.1 Å². The van der Waals surface area contributed by atoms with Crippen LogP contribution in [0.4, 0.5) is 16.4 Å². The number of non-ortho nitro benzene ring substituents is 1. The third kappa shape index (κ3) is 5.91. The number of thiophene rings is 1. The molecule has 0 unspecified atom stereocenters. The van der Waals surface area contributed by atoms with Crippen molar-refractivity contribution in [2.24, 2.45) is 0 Å². The highest BCUT2D eigenvalue weighted by Crippen LogP contribution is 2.31. The highest BCUT2D eigenvalue weighted by atomic mass is 35.5. The van der Waals surface area contributed by atoms with Gasteiger partial charge in [0.2, 0.25) is 0 Å². The van der Waals surface area contributed by atoms with Gasteiger partial charge in [-0.15, -0.1) is 11.3 Å². The van der Waals surface area contributed by atoms with Gasteiger partial charge in [-0.25, -0.2) is 4.79 Å². The normalized spacial score (nSPS) is 10.3. The van der Waals surface area contributed by atoms with Crippen molar-refractivity contribution < 1.29 is 19.2 Å².